The highest BCUT2D eigenvalue weighted by atomic mass is 16.4. The zero-order valence-corrected chi connectivity index (χ0v) is 6.44. The molecule has 0 bridgehead atoms. The molecule has 1 atom stereocenters. The number of carbonyl (C=O) groups excluding carboxylic acids is 1. The van der Waals surface area contributed by atoms with E-state index in [4.69, 9.17) is 5.11 Å². The molecule has 1 aliphatic heterocycles. The van der Waals surface area contributed by atoms with Crippen LogP contribution in [0.25, 0.3) is 0 Å². The monoisotopic (exact) mass is 168 g/mol. The summed E-state index contributed by atoms with van der Waals surface area (Å²) in [6.45, 7) is 1.45. The summed E-state index contributed by atoms with van der Waals surface area (Å²) in [6, 6.07) is 0. The van der Waals surface area contributed by atoms with E-state index in [1.807, 2.05) is 0 Å². The standard InChI is InChI=1S/C7H8N2O3/c1-7(6(11)12)2-5(3-9-7)8-4-10/h2-4H,1H3,(H,8,10)(H,11,12). The van der Waals surface area contributed by atoms with Crippen LogP contribution < -0.4 is 5.32 Å². The Morgan fingerprint density at radius 3 is 2.92 bits per heavy atom. The molecule has 0 saturated heterocycles. The van der Waals surface area contributed by atoms with Crippen LogP contribution in [0.15, 0.2) is 16.8 Å². The molecule has 5 nitrogen and oxygen atoms in total. The van der Waals surface area contributed by atoms with Crippen LogP contribution in [-0.2, 0) is 9.59 Å². The third-order valence-electron chi connectivity index (χ3n) is 1.57. The predicted octanol–water partition coefficient (Wildman–Crippen LogP) is -0.456. The van der Waals surface area contributed by atoms with Gasteiger partial charge in [0.25, 0.3) is 0 Å². The summed E-state index contributed by atoms with van der Waals surface area (Å²) in [5.74, 6) is -1.04. The molecule has 1 aliphatic rings. The van der Waals surface area contributed by atoms with Crippen molar-refractivity contribution >= 4 is 18.6 Å². The molecule has 0 radical (unpaired) electrons. The Labute approximate surface area is 68.8 Å². The molecule has 0 fully saturated rings. The van der Waals surface area contributed by atoms with Crippen LogP contribution in [0.3, 0.4) is 0 Å². The zero-order valence-electron chi connectivity index (χ0n) is 6.44. The van der Waals surface area contributed by atoms with E-state index in [9.17, 15) is 9.59 Å². The third kappa shape index (κ3) is 1.34. The number of carboxylic acids is 1. The van der Waals surface area contributed by atoms with Crippen molar-refractivity contribution < 1.29 is 14.7 Å². The van der Waals surface area contributed by atoms with Gasteiger partial charge in [-0.3, -0.25) is 9.79 Å². The maximum atomic E-state index is 10.6. The van der Waals surface area contributed by atoms with E-state index in [-0.39, 0.29) is 0 Å². The number of carbonyl (C=O) groups is 2. The van der Waals surface area contributed by atoms with Gasteiger partial charge < -0.3 is 10.4 Å². The van der Waals surface area contributed by atoms with Gasteiger partial charge in [0.15, 0.2) is 5.54 Å². The molecule has 5 heteroatoms. The number of allylic oxidation sites excluding steroid dienone is 1. The normalized spacial score (nSPS) is 26.6. The number of aliphatic carboxylic acids is 1. The van der Waals surface area contributed by atoms with Gasteiger partial charge in [-0.15, -0.1) is 0 Å². The number of hydrogen-bond acceptors (Lipinski definition) is 3. The van der Waals surface area contributed by atoms with E-state index in [1.165, 1.54) is 19.2 Å². The molecule has 0 saturated carbocycles. The summed E-state index contributed by atoms with van der Waals surface area (Å²) in [7, 11) is 0. The van der Waals surface area contributed by atoms with Gasteiger partial charge in [0.05, 0.1) is 5.70 Å². The molecule has 2 N–H and O–H groups in total. The summed E-state index contributed by atoms with van der Waals surface area (Å²) in [5, 5.41) is 11.0. The van der Waals surface area contributed by atoms with Gasteiger partial charge in [-0.1, -0.05) is 0 Å². The second-order valence-corrected chi connectivity index (χ2v) is 2.57. The summed E-state index contributed by atoms with van der Waals surface area (Å²) in [5.41, 5.74) is -0.819. The van der Waals surface area contributed by atoms with Gasteiger partial charge >= 0.3 is 5.97 Å². The number of nitrogens with one attached hydrogen (secondary N) is 1. The van der Waals surface area contributed by atoms with Crippen molar-refractivity contribution in [1.82, 2.24) is 5.32 Å². The average Bonchev–Trinajstić information content (AvgIpc) is 2.34. The first kappa shape index (κ1) is 8.45. The number of amides is 1. The minimum Gasteiger partial charge on any atom is -0.479 e. The number of nitrogens with zero attached hydrogens (tertiary/aromatic N) is 1. The first-order valence-corrected chi connectivity index (χ1v) is 3.30. The molecule has 0 aromatic carbocycles. The van der Waals surface area contributed by atoms with E-state index in [0.29, 0.717) is 12.1 Å². The van der Waals surface area contributed by atoms with Crippen LogP contribution in [-0.4, -0.2) is 29.2 Å². The smallest absolute Gasteiger partial charge is 0.335 e. The Morgan fingerprint density at radius 1 is 1.83 bits per heavy atom. The lowest BCUT2D eigenvalue weighted by molar-refractivity contribution is -0.140. The molecule has 1 unspecified atom stereocenters. The van der Waals surface area contributed by atoms with E-state index in [2.05, 4.69) is 10.3 Å². The second-order valence-electron chi connectivity index (χ2n) is 2.57. The van der Waals surface area contributed by atoms with Gasteiger partial charge in [0.1, 0.15) is 0 Å². The van der Waals surface area contributed by atoms with Crippen LogP contribution in [0.4, 0.5) is 0 Å². The maximum Gasteiger partial charge on any atom is 0.335 e. The highest BCUT2D eigenvalue weighted by molar-refractivity contribution is 5.93. The molecule has 1 rings (SSSR count). The Bertz CT molecular complexity index is 282. The quantitative estimate of drug-likeness (QED) is 0.560. The molecule has 64 valence electrons. The minimum atomic E-state index is -1.23. The fourth-order valence-corrected chi connectivity index (χ4v) is 0.845. The Kier molecular flexibility index (Phi) is 1.95. The minimum absolute atomic E-state index is 0.412. The van der Waals surface area contributed by atoms with Crippen molar-refractivity contribution in [3.63, 3.8) is 0 Å². The van der Waals surface area contributed by atoms with Gasteiger partial charge in [-0.25, -0.2) is 4.79 Å². The van der Waals surface area contributed by atoms with Crippen molar-refractivity contribution in [1.29, 1.82) is 0 Å². The molecule has 1 amide bonds. The summed E-state index contributed by atoms with van der Waals surface area (Å²) < 4.78 is 0. The van der Waals surface area contributed by atoms with Gasteiger partial charge in [-0.05, 0) is 13.0 Å². The van der Waals surface area contributed by atoms with E-state index < -0.39 is 11.5 Å². The molecular formula is C7H8N2O3. The maximum absolute atomic E-state index is 10.6. The molecule has 0 spiro atoms. The Balaban J connectivity index is 2.83. The first-order chi connectivity index (χ1) is 5.58. The summed E-state index contributed by atoms with van der Waals surface area (Å²) in [4.78, 5) is 24.3. The highest BCUT2D eigenvalue weighted by Gasteiger charge is 2.32. The van der Waals surface area contributed by atoms with Crippen molar-refractivity contribution in [2.24, 2.45) is 4.99 Å². The molecule has 0 aromatic heterocycles. The average molecular weight is 168 g/mol. The van der Waals surface area contributed by atoms with Crippen LogP contribution in [0.2, 0.25) is 0 Å². The molecule has 0 aromatic rings. The van der Waals surface area contributed by atoms with Gasteiger partial charge in [-0.2, -0.15) is 0 Å². The van der Waals surface area contributed by atoms with Gasteiger partial charge in [0, 0.05) is 6.21 Å². The Morgan fingerprint density at radius 2 is 2.50 bits per heavy atom. The van der Waals surface area contributed by atoms with E-state index in [1.54, 1.807) is 0 Å². The number of aliphatic imine (C=N–C) groups is 1. The van der Waals surface area contributed by atoms with Crippen molar-refractivity contribution in [2.75, 3.05) is 0 Å². The second kappa shape index (κ2) is 2.77. The van der Waals surface area contributed by atoms with Crippen LogP contribution >= 0.6 is 0 Å². The van der Waals surface area contributed by atoms with Gasteiger partial charge in [0.2, 0.25) is 6.41 Å². The molecular weight excluding hydrogens is 160 g/mol. The lowest BCUT2D eigenvalue weighted by Crippen LogP contribution is -2.29. The third-order valence-corrected chi connectivity index (χ3v) is 1.57. The topological polar surface area (TPSA) is 78.8 Å². The largest absolute Gasteiger partial charge is 0.479 e. The van der Waals surface area contributed by atoms with E-state index in [0.717, 1.165) is 0 Å². The van der Waals surface area contributed by atoms with Crippen molar-refractivity contribution in [3.05, 3.63) is 11.8 Å². The lowest BCUT2D eigenvalue weighted by atomic mass is 10.1. The van der Waals surface area contributed by atoms with Crippen LogP contribution in [0, 0.1) is 0 Å². The first-order valence-electron chi connectivity index (χ1n) is 3.30. The van der Waals surface area contributed by atoms with E-state index >= 15 is 0 Å². The molecule has 0 aliphatic carbocycles. The fourth-order valence-electron chi connectivity index (χ4n) is 0.845. The summed E-state index contributed by atoms with van der Waals surface area (Å²) in [6.07, 6.45) is 3.18. The summed E-state index contributed by atoms with van der Waals surface area (Å²) >= 11 is 0. The molecule has 12 heavy (non-hydrogen) atoms. The number of carboxylic acid groups (broad SMARTS) is 1. The number of hydrogen-bond donors (Lipinski definition) is 2. The zero-order chi connectivity index (χ0) is 9.19. The van der Waals surface area contributed by atoms with Crippen LogP contribution in [0.5, 0.6) is 0 Å². The Hall–Kier alpha value is -1.65. The fraction of sp³-hybridized carbons (Fsp3) is 0.286. The molecule has 1 heterocycles. The predicted molar refractivity (Wildman–Crippen MR) is 41.8 cm³/mol. The SMILES string of the molecule is CC1(C(=O)O)C=C(NC=O)C=N1. The van der Waals surface area contributed by atoms with Crippen molar-refractivity contribution in [3.8, 4) is 0 Å². The van der Waals surface area contributed by atoms with Crippen LogP contribution in [0.1, 0.15) is 6.92 Å². The number of rotatable bonds is 3. The highest BCUT2D eigenvalue weighted by Crippen LogP contribution is 2.18. The lowest BCUT2D eigenvalue weighted by Gasteiger charge is -2.09. The van der Waals surface area contributed by atoms with Crippen molar-refractivity contribution in [2.45, 2.75) is 12.5 Å².